The molecule has 0 aliphatic carbocycles. The van der Waals surface area contributed by atoms with Gasteiger partial charge in [-0.15, -0.1) is 0 Å². The minimum Gasteiger partial charge on any atom is -0.364 e. The van der Waals surface area contributed by atoms with Gasteiger partial charge in [-0.3, -0.25) is 14.6 Å². The lowest BCUT2D eigenvalue weighted by Gasteiger charge is -2.14. The first-order chi connectivity index (χ1) is 14.0. The highest BCUT2D eigenvalue weighted by Gasteiger charge is 2.20. The van der Waals surface area contributed by atoms with Crippen LogP contribution in [0.1, 0.15) is 21.7 Å². The first kappa shape index (κ1) is 20.6. The fraction of sp³-hybridized carbons (Fsp3) is 0.0500. The predicted molar refractivity (Wildman–Crippen MR) is 118 cm³/mol. The number of nitriles is 1. The molecule has 7 nitrogen and oxygen atoms in total. The van der Waals surface area contributed by atoms with Crippen LogP contribution in [0, 0.1) is 11.3 Å². The number of aldehydes is 1. The molecule has 2 aromatic heterocycles. The van der Waals surface area contributed by atoms with Crippen molar-refractivity contribution in [1.82, 2.24) is 9.97 Å². The molecule has 3 N–H and O–H groups in total. The van der Waals surface area contributed by atoms with Crippen molar-refractivity contribution in [2.75, 3.05) is 10.6 Å². The second-order valence-electron chi connectivity index (χ2n) is 5.84. The summed E-state index contributed by atoms with van der Waals surface area (Å²) in [5.74, 6) is -0.822. The van der Waals surface area contributed by atoms with E-state index in [1.54, 1.807) is 12.1 Å². The number of nitrogens with zero attached hydrogens (tertiary/aromatic N) is 3. The molecular weight excluding hydrogens is 502 g/mol. The molecule has 3 aromatic rings. The molecule has 0 saturated carbocycles. The van der Waals surface area contributed by atoms with E-state index < -0.39 is 5.91 Å². The Hall–Kier alpha value is -3.09. The number of aromatic nitrogens is 2. The molecule has 0 fully saturated rings. The van der Waals surface area contributed by atoms with Crippen molar-refractivity contribution in [3.05, 3.63) is 64.0 Å². The number of allylic oxidation sites excluding steroid dienone is 2. The molecule has 0 atom stereocenters. The summed E-state index contributed by atoms with van der Waals surface area (Å²) in [7, 11) is 0. The van der Waals surface area contributed by atoms with Gasteiger partial charge in [0.15, 0.2) is 6.29 Å². The number of primary amides is 1. The summed E-state index contributed by atoms with van der Waals surface area (Å²) in [6.07, 6.45) is 3.82. The second kappa shape index (κ2) is 8.94. The lowest BCUT2D eigenvalue weighted by atomic mass is 10.0. The Bertz CT molecular complexity index is 1200. The third-order valence-electron chi connectivity index (χ3n) is 4.03. The number of carbonyl (C=O) groups is 2. The number of carbonyl (C=O) groups excluding carboxylic acids is 2. The SMILES string of the molecule is N#Cc1c(C(N)=O)nc2cnc(C(C=O)=CCBr)cc2c1Nc1cccc(Br)c1. The van der Waals surface area contributed by atoms with Gasteiger partial charge in [0.05, 0.1) is 23.1 Å². The molecule has 0 spiro atoms. The zero-order chi connectivity index (χ0) is 21.0. The van der Waals surface area contributed by atoms with Crippen LogP contribution >= 0.6 is 31.9 Å². The Morgan fingerprint density at radius 1 is 1.34 bits per heavy atom. The monoisotopic (exact) mass is 513 g/mol. The van der Waals surface area contributed by atoms with E-state index in [1.807, 2.05) is 30.3 Å². The van der Waals surface area contributed by atoms with Crippen molar-refractivity contribution in [2.24, 2.45) is 5.73 Å². The number of nitrogens with one attached hydrogen (secondary N) is 1. The van der Waals surface area contributed by atoms with E-state index in [0.29, 0.717) is 45.2 Å². The smallest absolute Gasteiger partial charge is 0.268 e. The average Bonchev–Trinajstić information content (AvgIpc) is 2.71. The molecule has 1 amide bonds. The normalized spacial score (nSPS) is 11.1. The van der Waals surface area contributed by atoms with Crippen LogP contribution in [0.25, 0.3) is 16.5 Å². The summed E-state index contributed by atoms with van der Waals surface area (Å²) in [5.41, 5.74) is 7.51. The summed E-state index contributed by atoms with van der Waals surface area (Å²) >= 11 is 6.67. The molecule has 9 heteroatoms. The van der Waals surface area contributed by atoms with Crippen LogP contribution in [0.2, 0.25) is 0 Å². The van der Waals surface area contributed by atoms with Crippen molar-refractivity contribution in [2.45, 2.75) is 0 Å². The maximum absolute atomic E-state index is 11.9. The third kappa shape index (κ3) is 4.34. The number of fused-ring (bicyclic) bond motifs is 1. The van der Waals surface area contributed by atoms with Crippen molar-refractivity contribution in [1.29, 1.82) is 5.26 Å². The van der Waals surface area contributed by atoms with Gasteiger partial charge in [-0.2, -0.15) is 5.26 Å². The number of alkyl halides is 1. The van der Waals surface area contributed by atoms with Crippen molar-refractivity contribution >= 4 is 71.9 Å². The van der Waals surface area contributed by atoms with E-state index in [0.717, 1.165) is 4.47 Å². The van der Waals surface area contributed by atoms with Gasteiger partial charge in [0.25, 0.3) is 5.91 Å². The summed E-state index contributed by atoms with van der Waals surface area (Å²) in [4.78, 5) is 31.8. The van der Waals surface area contributed by atoms with Gasteiger partial charge in [0, 0.05) is 26.4 Å². The van der Waals surface area contributed by atoms with Crippen LogP contribution in [0.4, 0.5) is 11.4 Å². The van der Waals surface area contributed by atoms with E-state index in [4.69, 9.17) is 5.73 Å². The van der Waals surface area contributed by atoms with Gasteiger partial charge in [0.2, 0.25) is 0 Å². The summed E-state index contributed by atoms with van der Waals surface area (Å²) in [5, 5.41) is 13.9. The van der Waals surface area contributed by atoms with Crippen molar-refractivity contribution in [3.63, 3.8) is 0 Å². The number of halogens is 2. The molecule has 0 radical (unpaired) electrons. The first-order valence-electron chi connectivity index (χ1n) is 8.26. The lowest BCUT2D eigenvalue weighted by Crippen LogP contribution is -2.16. The number of nitrogens with two attached hydrogens (primary N) is 1. The topological polar surface area (TPSA) is 122 Å². The molecule has 0 unspecified atom stereocenters. The first-order valence-corrected chi connectivity index (χ1v) is 10.2. The maximum atomic E-state index is 11.9. The molecule has 0 aliphatic heterocycles. The minimum absolute atomic E-state index is 0.0132. The molecule has 0 saturated heterocycles. The number of amides is 1. The van der Waals surface area contributed by atoms with Crippen LogP contribution in [0.15, 0.2) is 47.1 Å². The van der Waals surface area contributed by atoms with Crippen LogP contribution in [0.3, 0.4) is 0 Å². The van der Waals surface area contributed by atoms with Gasteiger partial charge in [-0.05, 0) is 24.3 Å². The van der Waals surface area contributed by atoms with Gasteiger partial charge in [0.1, 0.15) is 17.3 Å². The largest absolute Gasteiger partial charge is 0.364 e. The molecule has 0 bridgehead atoms. The summed E-state index contributed by atoms with van der Waals surface area (Å²) in [6.45, 7) is 0. The van der Waals surface area contributed by atoms with Crippen molar-refractivity contribution in [3.8, 4) is 6.07 Å². The van der Waals surface area contributed by atoms with Gasteiger partial charge < -0.3 is 11.1 Å². The van der Waals surface area contributed by atoms with Crippen LogP contribution in [-0.4, -0.2) is 27.5 Å². The summed E-state index contributed by atoms with van der Waals surface area (Å²) in [6, 6.07) is 11.0. The highest BCUT2D eigenvalue weighted by atomic mass is 79.9. The minimum atomic E-state index is -0.822. The third-order valence-corrected chi connectivity index (χ3v) is 4.85. The molecule has 0 aliphatic rings. The van der Waals surface area contributed by atoms with Crippen LogP contribution in [-0.2, 0) is 4.79 Å². The Balaban J connectivity index is 2.33. The lowest BCUT2D eigenvalue weighted by molar-refractivity contribution is -0.103. The van der Waals surface area contributed by atoms with Crippen LogP contribution in [0.5, 0.6) is 0 Å². The fourth-order valence-corrected chi connectivity index (χ4v) is 3.50. The fourth-order valence-electron chi connectivity index (χ4n) is 2.75. The Labute approximate surface area is 182 Å². The molecule has 3 rings (SSSR count). The Morgan fingerprint density at radius 2 is 2.14 bits per heavy atom. The maximum Gasteiger partial charge on any atom is 0.268 e. The Kier molecular flexibility index (Phi) is 6.36. The number of anilines is 2. The zero-order valence-electron chi connectivity index (χ0n) is 14.8. The van der Waals surface area contributed by atoms with Gasteiger partial charge in [-0.25, -0.2) is 4.98 Å². The number of hydrogen-bond acceptors (Lipinski definition) is 6. The standard InChI is InChI=1S/C20H13Br2N5O2/c21-5-4-11(10-28)16-7-14-17(9-25-16)27-19(20(24)29)15(8-23)18(14)26-13-3-1-2-12(22)6-13/h1-4,6-7,9-10H,5H2,(H2,24,29)(H,26,27). The van der Waals surface area contributed by atoms with E-state index in [9.17, 15) is 14.9 Å². The zero-order valence-corrected chi connectivity index (χ0v) is 18.0. The van der Waals surface area contributed by atoms with E-state index in [1.165, 1.54) is 6.20 Å². The molecule has 1 aromatic carbocycles. The molecule has 144 valence electrons. The molecule has 2 heterocycles. The van der Waals surface area contributed by atoms with Gasteiger partial charge >= 0.3 is 0 Å². The number of hydrogen-bond donors (Lipinski definition) is 2. The molecule has 29 heavy (non-hydrogen) atoms. The van der Waals surface area contributed by atoms with E-state index in [2.05, 4.69) is 47.1 Å². The van der Waals surface area contributed by atoms with E-state index in [-0.39, 0.29) is 11.3 Å². The average molecular weight is 515 g/mol. The van der Waals surface area contributed by atoms with Crippen LogP contribution < -0.4 is 11.1 Å². The number of rotatable bonds is 6. The Morgan fingerprint density at radius 3 is 2.76 bits per heavy atom. The highest BCUT2D eigenvalue weighted by molar-refractivity contribution is 9.10. The highest BCUT2D eigenvalue weighted by Crippen LogP contribution is 2.32. The predicted octanol–water partition coefficient (Wildman–Crippen LogP) is 4.08. The second-order valence-corrected chi connectivity index (χ2v) is 7.40. The number of pyridine rings is 2. The van der Waals surface area contributed by atoms with E-state index >= 15 is 0 Å². The molecular formula is C20H13Br2N5O2. The quantitative estimate of drug-likeness (QED) is 0.290. The number of benzene rings is 1. The van der Waals surface area contributed by atoms with Gasteiger partial charge in [-0.1, -0.05) is 44.0 Å². The van der Waals surface area contributed by atoms with Crippen molar-refractivity contribution < 1.29 is 9.59 Å². The summed E-state index contributed by atoms with van der Waals surface area (Å²) < 4.78 is 0.834.